The molecule has 2 aliphatic rings. The van der Waals surface area contributed by atoms with Gasteiger partial charge in [0, 0.05) is 32.2 Å². The van der Waals surface area contributed by atoms with E-state index in [2.05, 4.69) is 4.99 Å². The molecule has 0 aliphatic carbocycles. The molecule has 0 aromatic rings. The molecule has 24 heavy (non-hydrogen) atoms. The molecule has 2 heterocycles. The molecule has 2 saturated heterocycles. The first-order valence-corrected chi connectivity index (χ1v) is 8.38. The van der Waals surface area contributed by atoms with Gasteiger partial charge in [-0.05, 0) is 33.6 Å². The van der Waals surface area contributed by atoms with Gasteiger partial charge in [0.25, 0.3) is 0 Å². The number of piperidine rings is 1. The van der Waals surface area contributed by atoms with Crippen LogP contribution in [0.15, 0.2) is 16.4 Å². The molecule has 1 unspecified atom stereocenters. The highest BCUT2D eigenvalue weighted by Gasteiger charge is 2.36. The standard InChI is InChI=1S/C16H27N7O/c1-11(2)22-7-8-23(16(22)24)13-5-4-6-21(10-13)15(19)20-12(3)14(18)9-17/h11,13H,4-8,10,18H2,1-3H3,(H2,19,20)/b14-12-. The van der Waals surface area contributed by atoms with Crippen LogP contribution in [0.5, 0.6) is 0 Å². The summed E-state index contributed by atoms with van der Waals surface area (Å²) in [6.45, 7) is 8.72. The fourth-order valence-corrected chi connectivity index (χ4v) is 3.19. The van der Waals surface area contributed by atoms with E-state index in [-0.39, 0.29) is 23.8 Å². The Bertz CT molecular complexity index is 590. The van der Waals surface area contributed by atoms with Crippen LogP contribution in [0, 0.1) is 11.3 Å². The number of guanidine groups is 1. The zero-order chi connectivity index (χ0) is 17.9. The number of carbonyl (C=O) groups is 1. The summed E-state index contributed by atoms with van der Waals surface area (Å²) in [7, 11) is 0. The monoisotopic (exact) mass is 333 g/mol. The number of carbonyl (C=O) groups excluding carboxylic acids is 1. The predicted octanol–water partition coefficient (Wildman–Crippen LogP) is 0.625. The molecule has 0 spiro atoms. The van der Waals surface area contributed by atoms with Crippen molar-refractivity contribution in [3.05, 3.63) is 11.4 Å². The lowest BCUT2D eigenvalue weighted by Crippen LogP contribution is -2.53. The van der Waals surface area contributed by atoms with Crippen LogP contribution in [-0.2, 0) is 0 Å². The summed E-state index contributed by atoms with van der Waals surface area (Å²) in [5, 5.41) is 8.81. The van der Waals surface area contributed by atoms with Crippen molar-refractivity contribution in [2.45, 2.75) is 45.7 Å². The Kier molecular flexibility index (Phi) is 5.54. The van der Waals surface area contributed by atoms with Gasteiger partial charge in [0.15, 0.2) is 5.96 Å². The van der Waals surface area contributed by atoms with Gasteiger partial charge in [-0.25, -0.2) is 9.79 Å². The molecule has 0 saturated carbocycles. The number of hydrogen-bond donors (Lipinski definition) is 2. The van der Waals surface area contributed by atoms with Crippen LogP contribution in [0.3, 0.4) is 0 Å². The zero-order valence-corrected chi connectivity index (χ0v) is 14.7. The molecular formula is C16H27N7O. The Labute approximate surface area is 143 Å². The quantitative estimate of drug-likeness (QED) is 0.446. The second-order valence-corrected chi connectivity index (χ2v) is 6.59. The number of aliphatic imine (C=N–C) groups is 1. The number of rotatable bonds is 3. The predicted molar refractivity (Wildman–Crippen MR) is 92.7 cm³/mol. The minimum absolute atomic E-state index is 0.0637. The van der Waals surface area contributed by atoms with Crippen molar-refractivity contribution in [3.8, 4) is 6.07 Å². The number of nitrogens with two attached hydrogens (primary N) is 2. The number of urea groups is 1. The van der Waals surface area contributed by atoms with Crippen molar-refractivity contribution in [3.63, 3.8) is 0 Å². The summed E-state index contributed by atoms with van der Waals surface area (Å²) in [4.78, 5) is 22.6. The highest BCUT2D eigenvalue weighted by Crippen LogP contribution is 2.22. The number of amides is 2. The maximum absolute atomic E-state index is 12.5. The maximum atomic E-state index is 12.5. The SMILES string of the molecule is CC(/N=C(\N)N1CCCC(N2CCN(C(C)C)C2=O)C1)=C(/N)C#N. The van der Waals surface area contributed by atoms with Gasteiger partial charge in [0.1, 0.15) is 11.8 Å². The molecule has 8 nitrogen and oxygen atoms in total. The number of likely N-dealkylation sites (tertiary alicyclic amines) is 1. The van der Waals surface area contributed by atoms with Gasteiger partial charge in [0.05, 0.1) is 11.7 Å². The zero-order valence-electron chi connectivity index (χ0n) is 14.7. The van der Waals surface area contributed by atoms with Crippen molar-refractivity contribution in [2.24, 2.45) is 16.5 Å². The fraction of sp³-hybridized carbons (Fsp3) is 0.688. The van der Waals surface area contributed by atoms with Crippen molar-refractivity contribution >= 4 is 12.0 Å². The lowest BCUT2D eigenvalue weighted by molar-refractivity contribution is 0.144. The van der Waals surface area contributed by atoms with Gasteiger partial charge in [0.2, 0.25) is 0 Å². The minimum atomic E-state index is 0.0637. The molecule has 0 aromatic carbocycles. The second-order valence-electron chi connectivity index (χ2n) is 6.59. The summed E-state index contributed by atoms with van der Waals surface area (Å²) in [5.74, 6) is 0.350. The van der Waals surface area contributed by atoms with Crippen LogP contribution in [0.4, 0.5) is 4.79 Å². The Morgan fingerprint density at radius 1 is 1.33 bits per heavy atom. The Hall–Kier alpha value is -2.43. The molecule has 4 N–H and O–H groups in total. The number of nitriles is 1. The third-order valence-corrected chi connectivity index (χ3v) is 4.65. The van der Waals surface area contributed by atoms with E-state index in [0.29, 0.717) is 18.2 Å². The summed E-state index contributed by atoms with van der Waals surface area (Å²) >= 11 is 0. The fourth-order valence-electron chi connectivity index (χ4n) is 3.19. The maximum Gasteiger partial charge on any atom is 0.320 e. The van der Waals surface area contributed by atoms with Gasteiger partial charge in [-0.1, -0.05) is 0 Å². The molecule has 2 rings (SSSR count). The number of allylic oxidation sites excluding steroid dienone is 2. The van der Waals surface area contributed by atoms with E-state index in [1.165, 1.54) is 0 Å². The van der Waals surface area contributed by atoms with Crippen LogP contribution in [-0.4, -0.2) is 65.0 Å². The van der Waals surface area contributed by atoms with Crippen molar-refractivity contribution in [1.29, 1.82) is 5.26 Å². The minimum Gasteiger partial charge on any atom is -0.389 e. The molecule has 0 radical (unpaired) electrons. The van der Waals surface area contributed by atoms with Crippen molar-refractivity contribution in [1.82, 2.24) is 14.7 Å². The lowest BCUT2D eigenvalue weighted by Gasteiger charge is -2.38. The van der Waals surface area contributed by atoms with E-state index < -0.39 is 0 Å². The van der Waals surface area contributed by atoms with Gasteiger partial charge in [-0.15, -0.1) is 0 Å². The molecule has 2 fully saturated rings. The van der Waals surface area contributed by atoms with Crippen LogP contribution in [0.2, 0.25) is 0 Å². The highest BCUT2D eigenvalue weighted by atomic mass is 16.2. The molecule has 8 heteroatoms. The Morgan fingerprint density at radius 3 is 2.62 bits per heavy atom. The van der Waals surface area contributed by atoms with Gasteiger partial charge >= 0.3 is 6.03 Å². The first-order chi connectivity index (χ1) is 11.3. The van der Waals surface area contributed by atoms with Crippen LogP contribution in [0.25, 0.3) is 0 Å². The van der Waals surface area contributed by atoms with E-state index >= 15 is 0 Å². The van der Waals surface area contributed by atoms with Crippen molar-refractivity contribution < 1.29 is 4.79 Å². The van der Waals surface area contributed by atoms with E-state index in [4.69, 9.17) is 16.7 Å². The molecule has 1 atom stereocenters. The Morgan fingerprint density at radius 2 is 2.04 bits per heavy atom. The number of nitrogens with zero attached hydrogens (tertiary/aromatic N) is 5. The third-order valence-electron chi connectivity index (χ3n) is 4.65. The van der Waals surface area contributed by atoms with E-state index in [0.717, 1.165) is 32.5 Å². The van der Waals surface area contributed by atoms with Crippen LogP contribution < -0.4 is 11.5 Å². The van der Waals surface area contributed by atoms with Gasteiger partial charge in [-0.3, -0.25) is 0 Å². The smallest absolute Gasteiger partial charge is 0.320 e. The summed E-state index contributed by atoms with van der Waals surface area (Å²) in [6.07, 6.45) is 1.92. The topological polar surface area (TPSA) is 115 Å². The number of hydrogen-bond acceptors (Lipinski definition) is 4. The normalized spacial score (nSPS) is 23.6. The first kappa shape index (κ1) is 17.9. The van der Waals surface area contributed by atoms with E-state index in [1.807, 2.05) is 34.6 Å². The van der Waals surface area contributed by atoms with Crippen molar-refractivity contribution in [2.75, 3.05) is 26.2 Å². The van der Waals surface area contributed by atoms with Gasteiger partial charge < -0.3 is 26.2 Å². The summed E-state index contributed by atoms with van der Waals surface area (Å²) in [5.41, 5.74) is 12.1. The van der Waals surface area contributed by atoms with Gasteiger partial charge in [-0.2, -0.15) is 5.26 Å². The van der Waals surface area contributed by atoms with E-state index in [1.54, 1.807) is 6.92 Å². The highest BCUT2D eigenvalue weighted by molar-refractivity contribution is 5.80. The van der Waals surface area contributed by atoms with Crippen LogP contribution >= 0.6 is 0 Å². The summed E-state index contributed by atoms with van der Waals surface area (Å²) in [6, 6.07) is 2.33. The average molecular weight is 333 g/mol. The molecule has 2 amide bonds. The molecule has 132 valence electrons. The second kappa shape index (κ2) is 7.43. The Balaban J connectivity index is 2.06. The lowest BCUT2D eigenvalue weighted by atomic mass is 10.0. The molecule has 2 aliphatic heterocycles. The molecule has 0 bridgehead atoms. The average Bonchev–Trinajstić information content (AvgIpc) is 2.95. The largest absolute Gasteiger partial charge is 0.389 e. The first-order valence-electron chi connectivity index (χ1n) is 8.38. The third kappa shape index (κ3) is 3.72. The molecule has 0 aromatic heterocycles. The molecular weight excluding hydrogens is 306 g/mol. The van der Waals surface area contributed by atoms with E-state index in [9.17, 15) is 4.79 Å². The van der Waals surface area contributed by atoms with Crippen LogP contribution in [0.1, 0.15) is 33.6 Å². The summed E-state index contributed by atoms with van der Waals surface area (Å²) < 4.78 is 0.